The number of nitrogens with two attached hydrogens (primary N) is 1. The molecule has 3 aliphatic rings. The van der Waals surface area contributed by atoms with Crippen molar-refractivity contribution >= 4 is 11.6 Å². The van der Waals surface area contributed by atoms with E-state index in [1.54, 1.807) is 0 Å². The van der Waals surface area contributed by atoms with Crippen molar-refractivity contribution < 1.29 is 14.3 Å². The first-order valence-electron chi connectivity index (χ1n) is 14.8. The Morgan fingerprint density at radius 2 is 1.85 bits per heavy atom. The maximum atomic E-state index is 13.1. The number of carbonyl (C=O) groups is 1. The van der Waals surface area contributed by atoms with Crippen LogP contribution >= 0.6 is 0 Å². The maximum Gasteiger partial charge on any atom is 0.255 e. The fourth-order valence-electron chi connectivity index (χ4n) is 6.62. The molecule has 216 valence electrons. The number of fused-ring (bicyclic) bond motifs is 1. The minimum atomic E-state index is 0.0622. The molecule has 6 rings (SSSR count). The van der Waals surface area contributed by atoms with E-state index < -0.39 is 0 Å². The molecule has 2 atom stereocenters. The zero-order valence-electron chi connectivity index (χ0n) is 24.4. The molecule has 3 aliphatic heterocycles. The number of hydrogen-bond acceptors (Lipinski definition) is 7. The second-order valence-corrected chi connectivity index (χ2v) is 11.8. The van der Waals surface area contributed by atoms with Crippen molar-refractivity contribution in [2.45, 2.75) is 58.2 Å². The second-order valence-electron chi connectivity index (χ2n) is 11.8. The first kappa shape index (κ1) is 27.5. The number of pyridine rings is 1. The van der Waals surface area contributed by atoms with Gasteiger partial charge in [-0.3, -0.25) is 19.6 Å². The Hall–Kier alpha value is -3.62. The monoisotopic (exact) mass is 555 g/mol. The van der Waals surface area contributed by atoms with Gasteiger partial charge in [0.05, 0.1) is 5.56 Å². The van der Waals surface area contributed by atoms with Gasteiger partial charge in [-0.1, -0.05) is 24.3 Å². The second kappa shape index (κ2) is 11.7. The molecule has 2 aromatic carbocycles. The van der Waals surface area contributed by atoms with Gasteiger partial charge < -0.3 is 20.1 Å². The number of piperazine rings is 1. The van der Waals surface area contributed by atoms with E-state index in [2.05, 4.69) is 41.8 Å². The third-order valence-electron chi connectivity index (χ3n) is 9.18. The van der Waals surface area contributed by atoms with Crippen molar-refractivity contribution in [2.24, 2.45) is 0 Å². The smallest absolute Gasteiger partial charge is 0.255 e. The zero-order chi connectivity index (χ0) is 28.5. The number of hydrogen-bond donors (Lipinski definition) is 1. The van der Waals surface area contributed by atoms with Gasteiger partial charge in [0.1, 0.15) is 0 Å². The summed E-state index contributed by atoms with van der Waals surface area (Å²) >= 11 is 0. The number of para-hydroxylation sites is 1. The van der Waals surface area contributed by atoms with Crippen LogP contribution in [0.15, 0.2) is 54.7 Å². The standard InChI is InChI=1S/C33H41N5O3/c1-22-5-4-6-29(32(22)34)33(39)36-13-11-28(12-14-36)37-15-16-38(23(2)20-37)24(3)26-8-9-27(35-19-26)17-25-7-10-30-31(18-25)41-21-40-30/h4-10,18-19,23-24,28H,11-17,20-21,34H2,1-3H3/t23-,24+/m1/s1. The topological polar surface area (TPSA) is 84.2 Å². The quantitative estimate of drug-likeness (QED) is 0.443. The van der Waals surface area contributed by atoms with E-state index in [0.29, 0.717) is 36.2 Å². The molecule has 1 amide bonds. The number of aromatic nitrogens is 1. The predicted molar refractivity (Wildman–Crippen MR) is 160 cm³/mol. The number of amides is 1. The molecule has 0 bridgehead atoms. The van der Waals surface area contributed by atoms with E-state index in [1.165, 1.54) is 11.1 Å². The molecule has 4 heterocycles. The van der Waals surface area contributed by atoms with E-state index >= 15 is 0 Å². The molecular weight excluding hydrogens is 514 g/mol. The lowest BCUT2D eigenvalue weighted by Gasteiger charge is -2.47. The molecule has 0 saturated carbocycles. The number of carbonyl (C=O) groups excluding carboxylic acids is 1. The molecule has 0 unspecified atom stereocenters. The Morgan fingerprint density at radius 1 is 1.05 bits per heavy atom. The highest BCUT2D eigenvalue weighted by molar-refractivity contribution is 5.99. The van der Waals surface area contributed by atoms with Gasteiger partial charge >= 0.3 is 0 Å². The molecular formula is C33H41N5O3. The van der Waals surface area contributed by atoms with Crippen LogP contribution in [0.4, 0.5) is 5.69 Å². The summed E-state index contributed by atoms with van der Waals surface area (Å²) in [6.07, 6.45) is 4.83. The van der Waals surface area contributed by atoms with Crippen LogP contribution in [0.5, 0.6) is 11.5 Å². The average Bonchev–Trinajstić information content (AvgIpc) is 3.46. The molecule has 2 fully saturated rings. The minimum absolute atomic E-state index is 0.0622. The summed E-state index contributed by atoms with van der Waals surface area (Å²) in [5.74, 6) is 1.68. The Bertz CT molecular complexity index is 1390. The number of aryl methyl sites for hydroxylation is 1. The van der Waals surface area contributed by atoms with E-state index in [1.807, 2.05) is 48.4 Å². The van der Waals surface area contributed by atoms with Crippen LogP contribution in [-0.2, 0) is 6.42 Å². The zero-order valence-corrected chi connectivity index (χ0v) is 24.4. The molecule has 1 aromatic heterocycles. The molecule has 41 heavy (non-hydrogen) atoms. The number of ether oxygens (including phenoxy) is 2. The highest BCUT2D eigenvalue weighted by Crippen LogP contribution is 2.33. The number of likely N-dealkylation sites (tertiary alicyclic amines) is 1. The summed E-state index contributed by atoms with van der Waals surface area (Å²) in [4.78, 5) is 25.1. The number of nitrogens with zero attached hydrogens (tertiary/aromatic N) is 4. The molecule has 2 saturated heterocycles. The van der Waals surface area contributed by atoms with Crippen molar-refractivity contribution in [1.82, 2.24) is 19.7 Å². The molecule has 3 aromatic rings. The summed E-state index contributed by atoms with van der Waals surface area (Å²) in [6.45, 7) is 11.6. The van der Waals surface area contributed by atoms with Gasteiger partial charge in [-0.2, -0.15) is 0 Å². The lowest BCUT2D eigenvalue weighted by Crippen LogP contribution is -2.57. The summed E-state index contributed by atoms with van der Waals surface area (Å²) < 4.78 is 10.9. The van der Waals surface area contributed by atoms with Crippen molar-refractivity contribution in [3.63, 3.8) is 0 Å². The van der Waals surface area contributed by atoms with Gasteiger partial charge in [0.25, 0.3) is 5.91 Å². The molecule has 0 radical (unpaired) electrons. The number of nitrogen functional groups attached to an aromatic ring is 1. The van der Waals surface area contributed by atoms with Gasteiger partial charge in [0.2, 0.25) is 6.79 Å². The Morgan fingerprint density at radius 3 is 2.61 bits per heavy atom. The van der Waals surface area contributed by atoms with Gasteiger partial charge in [0, 0.05) is 74.8 Å². The number of piperidine rings is 1. The van der Waals surface area contributed by atoms with E-state index in [-0.39, 0.29) is 5.91 Å². The Kier molecular flexibility index (Phi) is 7.86. The fourth-order valence-corrected chi connectivity index (χ4v) is 6.62. The summed E-state index contributed by atoms with van der Waals surface area (Å²) in [5.41, 5.74) is 11.9. The van der Waals surface area contributed by atoms with Crippen LogP contribution in [0.2, 0.25) is 0 Å². The summed E-state index contributed by atoms with van der Waals surface area (Å²) in [5, 5.41) is 0. The Balaban J connectivity index is 1.01. The third kappa shape index (κ3) is 5.76. The highest BCUT2D eigenvalue weighted by atomic mass is 16.7. The first-order valence-corrected chi connectivity index (χ1v) is 14.8. The molecule has 2 N–H and O–H groups in total. The lowest BCUT2D eigenvalue weighted by atomic mass is 9.98. The highest BCUT2D eigenvalue weighted by Gasteiger charge is 2.34. The summed E-state index contributed by atoms with van der Waals surface area (Å²) in [6, 6.07) is 17.5. The van der Waals surface area contributed by atoms with E-state index in [4.69, 9.17) is 20.2 Å². The van der Waals surface area contributed by atoms with Crippen LogP contribution in [0.3, 0.4) is 0 Å². The minimum Gasteiger partial charge on any atom is -0.454 e. The van der Waals surface area contributed by atoms with Crippen LogP contribution in [0.25, 0.3) is 0 Å². The number of rotatable bonds is 6. The number of benzene rings is 2. The van der Waals surface area contributed by atoms with Gasteiger partial charge in [-0.15, -0.1) is 0 Å². The average molecular weight is 556 g/mol. The molecule has 8 nitrogen and oxygen atoms in total. The lowest BCUT2D eigenvalue weighted by molar-refractivity contribution is 0.0135. The van der Waals surface area contributed by atoms with Crippen LogP contribution < -0.4 is 15.2 Å². The predicted octanol–water partition coefficient (Wildman–Crippen LogP) is 4.66. The van der Waals surface area contributed by atoms with Crippen LogP contribution in [0.1, 0.15) is 65.5 Å². The summed E-state index contributed by atoms with van der Waals surface area (Å²) in [7, 11) is 0. The van der Waals surface area contributed by atoms with Crippen molar-refractivity contribution in [3.05, 3.63) is 82.7 Å². The molecule has 0 aliphatic carbocycles. The van der Waals surface area contributed by atoms with Crippen molar-refractivity contribution in [3.8, 4) is 11.5 Å². The van der Waals surface area contributed by atoms with Gasteiger partial charge in [0.15, 0.2) is 11.5 Å². The number of anilines is 1. The largest absolute Gasteiger partial charge is 0.454 e. The van der Waals surface area contributed by atoms with Crippen LogP contribution in [-0.4, -0.2) is 77.2 Å². The Labute approximate surface area is 243 Å². The third-order valence-corrected chi connectivity index (χ3v) is 9.18. The van der Waals surface area contributed by atoms with Crippen molar-refractivity contribution in [2.75, 3.05) is 45.3 Å². The fraction of sp³-hybridized carbons (Fsp3) is 0.455. The van der Waals surface area contributed by atoms with Gasteiger partial charge in [-0.05, 0) is 74.6 Å². The van der Waals surface area contributed by atoms with E-state index in [9.17, 15) is 4.79 Å². The van der Waals surface area contributed by atoms with Crippen molar-refractivity contribution in [1.29, 1.82) is 0 Å². The van der Waals surface area contributed by atoms with Gasteiger partial charge in [-0.25, -0.2) is 0 Å². The maximum absolute atomic E-state index is 13.1. The normalized spacial score (nSPS) is 20.8. The van der Waals surface area contributed by atoms with E-state index in [0.717, 1.165) is 74.7 Å². The first-order chi connectivity index (χ1) is 19.9. The molecule has 8 heteroatoms. The SMILES string of the molecule is Cc1cccc(C(=O)N2CCC(N3CCN([C@@H](C)c4ccc(Cc5ccc6c(c5)OCO6)nc4)[C@H](C)C3)CC2)c1N. The molecule has 0 spiro atoms. The van der Waals surface area contributed by atoms with Crippen LogP contribution in [0, 0.1) is 6.92 Å².